The second-order valence-corrected chi connectivity index (χ2v) is 3.85. The normalized spacial score (nSPS) is 10.3. The molecular formula is C9H8N2O2S. The van der Waals surface area contributed by atoms with Crippen molar-refractivity contribution in [3.63, 3.8) is 0 Å². The maximum absolute atomic E-state index is 11.3. The summed E-state index contributed by atoms with van der Waals surface area (Å²) in [5, 5.41) is 1.95. The van der Waals surface area contributed by atoms with E-state index in [9.17, 15) is 9.59 Å². The number of thiophene rings is 1. The highest BCUT2D eigenvalue weighted by Gasteiger charge is 1.98. The molecule has 0 fully saturated rings. The van der Waals surface area contributed by atoms with Crippen molar-refractivity contribution in [2.45, 2.75) is 6.54 Å². The molecule has 72 valence electrons. The summed E-state index contributed by atoms with van der Waals surface area (Å²) in [4.78, 5) is 25.3. The van der Waals surface area contributed by atoms with Crippen LogP contribution in [0.15, 0.2) is 39.4 Å². The summed E-state index contributed by atoms with van der Waals surface area (Å²) in [6, 6.07) is 5.22. The van der Waals surface area contributed by atoms with Gasteiger partial charge in [0.05, 0.1) is 6.54 Å². The summed E-state index contributed by atoms with van der Waals surface area (Å²) in [6.07, 6.45) is 1.50. The first-order valence-corrected chi connectivity index (χ1v) is 4.96. The first-order chi connectivity index (χ1) is 6.75. The number of hydrogen-bond donors (Lipinski definition) is 1. The van der Waals surface area contributed by atoms with Crippen LogP contribution in [0.2, 0.25) is 0 Å². The molecular weight excluding hydrogens is 200 g/mol. The van der Waals surface area contributed by atoms with Crippen molar-refractivity contribution in [2.24, 2.45) is 0 Å². The smallest absolute Gasteiger partial charge is 0.295 e. The number of aromatic nitrogens is 2. The van der Waals surface area contributed by atoms with Crippen LogP contribution in [0.25, 0.3) is 0 Å². The van der Waals surface area contributed by atoms with Crippen molar-refractivity contribution in [2.75, 3.05) is 0 Å². The minimum absolute atomic E-state index is 0.363. The number of rotatable bonds is 2. The van der Waals surface area contributed by atoms with E-state index in [1.54, 1.807) is 11.3 Å². The molecule has 5 heteroatoms. The molecule has 0 aliphatic rings. The average Bonchev–Trinajstić information content (AvgIpc) is 2.62. The Balaban J connectivity index is 2.35. The van der Waals surface area contributed by atoms with Gasteiger partial charge >= 0.3 is 5.69 Å². The van der Waals surface area contributed by atoms with Crippen molar-refractivity contribution < 1.29 is 0 Å². The SMILES string of the molecule is O=c1ccn(Cc2cccs2)c(=O)[nH]1. The van der Waals surface area contributed by atoms with Crippen LogP contribution in [0.5, 0.6) is 0 Å². The molecule has 0 saturated carbocycles. The van der Waals surface area contributed by atoms with Gasteiger partial charge in [-0.3, -0.25) is 14.3 Å². The molecule has 2 aromatic rings. The van der Waals surface area contributed by atoms with Crippen LogP contribution in [0, 0.1) is 0 Å². The molecule has 0 atom stereocenters. The molecule has 0 saturated heterocycles. The third kappa shape index (κ3) is 1.82. The zero-order valence-corrected chi connectivity index (χ0v) is 8.08. The third-order valence-electron chi connectivity index (χ3n) is 1.80. The number of H-pyrrole nitrogens is 1. The Hall–Kier alpha value is -1.62. The van der Waals surface area contributed by atoms with Gasteiger partial charge in [-0.05, 0) is 11.4 Å². The lowest BCUT2D eigenvalue weighted by Crippen LogP contribution is -2.28. The largest absolute Gasteiger partial charge is 0.328 e. The minimum Gasteiger partial charge on any atom is -0.295 e. The molecule has 0 radical (unpaired) electrons. The van der Waals surface area contributed by atoms with Crippen molar-refractivity contribution in [1.82, 2.24) is 9.55 Å². The maximum Gasteiger partial charge on any atom is 0.328 e. The second kappa shape index (κ2) is 3.63. The van der Waals surface area contributed by atoms with Crippen molar-refractivity contribution in [1.29, 1.82) is 0 Å². The Labute approximate surface area is 83.5 Å². The zero-order chi connectivity index (χ0) is 9.97. The number of nitrogens with one attached hydrogen (secondary N) is 1. The third-order valence-corrected chi connectivity index (χ3v) is 2.66. The summed E-state index contributed by atoms with van der Waals surface area (Å²) < 4.78 is 1.47. The van der Waals surface area contributed by atoms with Gasteiger partial charge in [0.25, 0.3) is 5.56 Å². The van der Waals surface area contributed by atoms with Crippen molar-refractivity contribution in [3.8, 4) is 0 Å². The fourth-order valence-electron chi connectivity index (χ4n) is 1.14. The Bertz CT molecular complexity index is 524. The molecule has 0 unspecified atom stereocenters. The van der Waals surface area contributed by atoms with E-state index in [1.165, 1.54) is 16.8 Å². The molecule has 0 spiro atoms. The van der Waals surface area contributed by atoms with E-state index >= 15 is 0 Å². The van der Waals surface area contributed by atoms with E-state index in [1.807, 2.05) is 17.5 Å². The lowest BCUT2D eigenvalue weighted by Gasteiger charge is -2.00. The highest BCUT2D eigenvalue weighted by atomic mass is 32.1. The van der Waals surface area contributed by atoms with Gasteiger partial charge in [-0.25, -0.2) is 4.79 Å². The molecule has 14 heavy (non-hydrogen) atoms. The summed E-state index contributed by atoms with van der Waals surface area (Å²) >= 11 is 1.58. The molecule has 4 nitrogen and oxygen atoms in total. The number of aromatic amines is 1. The van der Waals surface area contributed by atoms with E-state index < -0.39 is 0 Å². The summed E-state index contributed by atoms with van der Waals surface area (Å²) in [5.41, 5.74) is -0.733. The zero-order valence-electron chi connectivity index (χ0n) is 7.27. The second-order valence-electron chi connectivity index (χ2n) is 2.82. The van der Waals surface area contributed by atoms with Gasteiger partial charge in [-0.1, -0.05) is 6.07 Å². The maximum atomic E-state index is 11.3. The van der Waals surface area contributed by atoms with Gasteiger partial charge in [-0.2, -0.15) is 0 Å². The molecule has 2 rings (SSSR count). The first kappa shape index (κ1) is 8.96. The lowest BCUT2D eigenvalue weighted by atomic mass is 10.4. The van der Waals surface area contributed by atoms with Gasteiger partial charge in [0.15, 0.2) is 0 Å². The Morgan fingerprint density at radius 1 is 1.36 bits per heavy atom. The minimum atomic E-state index is -0.370. The lowest BCUT2D eigenvalue weighted by molar-refractivity contribution is 0.729. The topological polar surface area (TPSA) is 54.9 Å². The first-order valence-electron chi connectivity index (χ1n) is 4.08. The van der Waals surface area contributed by atoms with Crippen molar-refractivity contribution >= 4 is 11.3 Å². The van der Waals surface area contributed by atoms with Crippen LogP contribution >= 0.6 is 11.3 Å². The molecule has 2 aromatic heterocycles. The standard InChI is InChI=1S/C9H8N2O2S/c12-8-3-4-11(9(13)10-8)6-7-2-1-5-14-7/h1-5H,6H2,(H,10,12,13). The van der Waals surface area contributed by atoms with E-state index in [0.717, 1.165) is 4.88 Å². The Morgan fingerprint density at radius 3 is 2.86 bits per heavy atom. The Kier molecular flexibility index (Phi) is 2.32. The van der Waals surface area contributed by atoms with Crippen LogP contribution in [-0.2, 0) is 6.54 Å². The van der Waals surface area contributed by atoms with E-state index in [0.29, 0.717) is 6.54 Å². The van der Waals surface area contributed by atoms with Gasteiger partial charge < -0.3 is 0 Å². The van der Waals surface area contributed by atoms with Gasteiger partial charge in [0.2, 0.25) is 0 Å². The molecule has 2 heterocycles. The summed E-state index contributed by atoms with van der Waals surface area (Å²) in [5.74, 6) is 0. The van der Waals surface area contributed by atoms with E-state index in [2.05, 4.69) is 4.98 Å². The molecule has 0 aliphatic heterocycles. The number of hydrogen-bond acceptors (Lipinski definition) is 3. The van der Waals surface area contributed by atoms with Crippen LogP contribution in [0.4, 0.5) is 0 Å². The summed E-state index contributed by atoms with van der Waals surface area (Å²) in [7, 11) is 0. The van der Waals surface area contributed by atoms with Gasteiger partial charge in [0, 0.05) is 17.1 Å². The highest BCUT2D eigenvalue weighted by Crippen LogP contribution is 2.08. The van der Waals surface area contributed by atoms with Crippen LogP contribution in [0.3, 0.4) is 0 Å². The van der Waals surface area contributed by atoms with Crippen LogP contribution < -0.4 is 11.2 Å². The van der Waals surface area contributed by atoms with E-state index in [-0.39, 0.29) is 11.2 Å². The van der Waals surface area contributed by atoms with Gasteiger partial charge in [0.1, 0.15) is 0 Å². The molecule has 0 aliphatic carbocycles. The molecule has 1 N–H and O–H groups in total. The highest BCUT2D eigenvalue weighted by molar-refractivity contribution is 7.09. The predicted octanol–water partition coefficient (Wildman–Crippen LogP) is 0.646. The van der Waals surface area contributed by atoms with Crippen LogP contribution in [-0.4, -0.2) is 9.55 Å². The molecule has 0 bridgehead atoms. The molecule has 0 aromatic carbocycles. The van der Waals surface area contributed by atoms with Crippen LogP contribution in [0.1, 0.15) is 4.88 Å². The Morgan fingerprint density at radius 2 is 2.21 bits per heavy atom. The number of nitrogens with zero attached hydrogens (tertiary/aromatic N) is 1. The quantitative estimate of drug-likeness (QED) is 0.787. The monoisotopic (exact) mass is 208 g/mol. The summed E-state index contributed by atoms with van der Waals surface area (Å²) in [6.45, 7) is 0.507. The predicted molar refractivity (Wildman–Crippen MR) is 54.7 cm³/mol. The fraction of sp³-hybridized carbons (Fsp3) is 0.111. The van der Waals surface area contributed by atoms with Gasteiger partial charge in [-0.15, -0.1) is 11.3 Å². The molecule has 0 amide bonds. The van der Waals surface area contributed by atoms with E-state index in [4.69, 9.17) is 0 Å². The average molecular weight is 208 g/mol. The van der Waals surface area contributed by atoms with Crippen molar-refractivity contribution in [3.05, 3.63) is 55.5 Å². The fourth-order valence-corrected chi connectivity index (χ4v) is 1.84.